The number of fused-ring (bicyclic) bond motifs is 1. The number of aromatic nitrogens is 3. The summed E-state index contributed by atoms with van der Waals surface area (Å²) in [7, 11) is 0. The molecule has 2 aromatic heterocycles. The van der Waals surface area contributed by atoms with Crippen LogP contribution in [0.3, 0.4) is 0 Å². The molecular weight excluding hydrogens is 392 g/mol. The Hall–Kier alpha value is -2.87. The molecule has 0 spiro atoms. The zero-order chi connectivity index (χ0) is 21.8. The maximum Gasteiger partial charge on any atom is 0.280 e. The third-order valence-electron chi connectivity index (χ3n) is 6.16. The normalized spacial score (nSPS) is 18.8. The van der Waals surface area contributed by atoms with E-state index in [1.165, 1.54) is 25.5 Å². The van der Waals surface area contributed by atoms with Gasteiger partial charge in [0.05, 0.1) is 18.2 Å². The molecular formula is C23H30N6O2. The second-order valence-corrected chi connectivity index (χ2v) is 8.25. The number of piperidine rings is 1. The number of likely N-dealkylation sites (N-methyl/N-ethyl adjacent to an activating group) is 1. The lowest BCUT2D eigenvalue weighted by atomic mass is 10.1. The molecule has 0 radical (unpaired) electrons. The molecule has 2 aliphatic heterocycles. The largest absolute Gasteiger partial charge is 0.342 e. The minimum absolute atomic E-state index is 0.0212. The van der Waals surface area contributed by atoms with Gasteiger partial charge in [0.1, 0.15) is 5.82 Å². The van der Waals surface area contributed by atoms with Gasteiger partial charge >= 0.3 is 0 Å². The monoisotopic (exact) mass is 422 g/mol. The van der Waals surface area contributed by atoms with Gasteiger partial charge in [0.25, 0.3) is 5.91 Å². The van der Waals surface area contributed by atoms with Gasteiger partial charge in [-0.25, -0.2) is 9.97 Å². The van der Waals surface area contributed by atoms with E-state index in [1.54, 1.807) is 17.3 Å². The number of amides is 2. The molecule has 4 heterocycles. The van der Waals surface area contributed by atoms with E-state index >= 15 is 0 Å². The van der Waals surface area contributed by atoms with Crippen molar-refractivity contribution in [1.29, 1.82) is 0 Å². The Labute approximate surface area is 183 Å². The highest BCUT2D eigenvalue weighted by Gasteiger charge is 2.42. The van der Waals surface area contributed by atoms with E-state index < -0.39 is 6.04 Å². The first-order chi connectivity index (χ1) is 15.1. The molecule has 8 nitrogen and oxygen atoms in total. The number of nitrogens with zero attached hydrogens (tertiary/aromatic N) is 6. The van der Waals surface area contributed by atoms with E-state index in [1.807, 2.05) is 30.9 Å². The standard InChI is InChI=1S/C23H30N6O2/c1-3-28(14-13-27-11-5-4-6-12-27)20(30)15-18-21-22(25-10-9-24-21)23(31)29(18)19-8-7-17(2)16-26-19/h7-10,16,18H,3-6,11-15H2,1-2H3/t18-/m1/s1. The fraction of sp³-hybridized carbons (Fsp3) is 0.522. The Morgan fingerprint density at radius 3 is 2.61 bits per heavy atom. The Kier molecular flexibility index (Phi) is 6.56. The lowest BCUT2D eigenvalue weighted by Gasteiger charge is -2.31. The SMILES string of the molecule is CCN(CCN1CCCCC1)C(=O)C[C@@H]1c2nccnc2C(=O)N1c1ccc(C)cn1. The van der Waals surface area contributed by atoms with Crippen LogP contribution in [-0.4, -0.2) is 69.3 Å². The van der Waals surface area contributed by atoms with Crippen molar-refractivity contribution < 1.29 is 9.59 Å². The first kappa shape index (κ1) is 21.4. The maximum atomic E-state index is 13.3. The molecule has 0 saturated carbocycles. The highest BCUT2D eigenvalue weighted by Crippen LogP contribution is 2.36. The van der Waals surface area contributed by atoms with E-state index in [0.29, 0.717) is 30.3 Å². The van der Waals surface area contributed by atoms with E-state index in [4.69, 9.17) is 0 Å². The van der Waals surface area contributed by atoms with Crippen molar-refractivity contribution in [2.75, 3.05) is 37.6 Å². The van der Waals surface area contributed by atoms with Gasteiger partial charge < -0.3 is 9.80 Å². The van der Waals surface area contributed by atoms with Crippen molar-refractivity contribution in [3.8, 4) is 0 Å². The van der Waals surface area contributed by atoms with Gasteiger partial charge in [0, 0.05) is 38.2 Å². The lowest BCUT2D eigenvalue weighted by molar-refractivity contribution is -0.131. The van der Waals surface area contributed by atoms with Crippen LogP contribution in [0.5, 0.6) is 0 Å². The molecule has 8 heteroatoms. The zero-order valence-electron chi connectivity index (χ0n) is 18.3. The van der Waals surface area contributed by atoms with Crippen molar-refractivity contribution in [3.05, 3.63) is 47.7 Å². The van der Waals surface area contributed by atoms with Crippen molar-refractivity contribution in [3.63, 3.8) is 0 Å². The van der Waals surface area contributed by atoms with Crippen molar-refractivity contribution in [2.45, 2.75) is 45.6 Å². The number of hydrogen-bond acceptors (Lipinski definition) is 6. The summed E-state index contributed by atoms with van der Waals surface area (Å²) in [5.41, 5.74) is 1.86. The number of hydrogen-bond donors (Lipinski definition) is 0. The summed E-state index contributed by atoms with van der Waals surface area (Å²) in [6, 6.07) is 3.22. The van der Waals surface area contributed by atoms with Crippen molar-refractivity contribution in [2.24, 2.45) is 0 Å². The molecule has 0 N–H and O–H groups in total. The van der Waals surface area contributed by atoms with Crippen LogP contribution in [0.25, 0.3) is 0 Å². The third kappa shape index (κ3) is 4.58. The number of rotatable bonds is 7. The summed E-state index contributed by atoms with van der Waals surface area (Å²) in [6.45, 7) is 8.40. The number of pyridine rings is 1. The topological polar surface area (TPSA) is 82.5 Å². The number of carbonyl (C=O) groups is 2. The first-order valence-corrected chi connectivity index (χ1v) is 11.2. The molecule has 2 amide bonds. The molecule has 31 heavy (non-hydrogen) atoms. The smallest absolute Gasteiger partial charge is 0.280 e. The van der Waals surface area contributed by atoms with E-state index in [0.717, 1.165) is 25.2 Å². The minimum Gasteiger partial charge on any atom is -0.342 e. The Balaban J connectivity index is 1.52. The van der Waals surface area contributed by atoms with Crippen molar-refractivity contribution in [1.82, 2.24) is 24.8 Å². The summed E-state index contributed by atoms with van der Waals surface area (Å²) < 4.78 is 0. The van der Waals surface area contributed by atoms with Gasteiger partial charge in [0.15, 0.2) is 5.69 Å². The van der Waals surface area contributed by atoms with Crippen LogP contribution in [0, 0.1) is 6.92 Å². The molecule has 1 fully saturated rings. The van der Waals surface area contributed by atoms with Gasteiger partial charge in [-0.2, -0.15) is 0 Å². The van der Waals surface area contributed by atoms with Crippen LogP contribution in [-0.2, 0) is 4.79 Å². The molecule has 0 unspecified atom stereocenters. The summed E-state index contributed by atoms with van der Waals surface area (Å²) in [5.74, 6) is 0.283. The van der Waals surface area contributed by atoms with Gasteiger partial charge in [-0.15, -0.1) is 0 Å². The van der Waals surface area contributed by atoms with Crippen LogP contribution in [0.4, 0.5) is 5.82 Å². The predicted octanol–water partition coefficient (Wildman–Crippen LogP) is 2.61. The number of aryl methyl sites for hydroxylation is 1. The molecule has 2 aliphatic rings. The van der Waals surface area contributed by atoms with Crippen LogP contribution < -0.4 is 4.90 Å². The Bertz CT molecular complexity index is 926. The highest BCUT2D eigenvalue weighted by molar-refractivity contribution is 6.09. The highest BCUT2D eigenvalue weighted by atomic mass is 16.2. The van der Waals surface area contributed by atoms with E-state index in [9.17, 15) is 9.59 Å². The predicted molar refractivity (Wildman–Crippen MR) is 118 cm³/mol. The van der Waals surface area contributed by atoms with Crippen molar-refractivity contribution >= 4 is 17.6 Å². The van der Waals surface area contributed by atoms with Crippen LogP contribution in [0.2, 0.25) is 0 Å². The molecule has 0 aromatic carbocycles. The molecule has 0 bridgehead atoms. The molecule has 164 valence electrons. The summed E-state index contributed by atoms with van der Waals surface area (Å²) in [4.78, 5) is 45.3. The van der Waals surface area contributed by atoms with Gasteiger partial charge in [-0.1, -0.05) is 12.5 Å². The molecule has 0 aliphatic carbocycles. The van der Waals surface area contributed by atoms with Crippen LogP contribution in [0.15, 0.2) is 30.7 Å². The quantitative estimate of drug-likeness (QED) is 0.682. The summed E-state index contributed by atoms with van der Waals surface area (Å²) in [5, 5.41) is 0. The fourth-order valence-corrected chi connectivity index (χ4v) is 4.39. The number of carbonyl (C=O) groups excluding carboxylic acids is 2. The molecule has 2 aromatic rings. The second-order valence-electron chi connectivity index (χ2n) is 8.25. The minimum atomic E-state index is -0.497. The molecule has 1 saturated heterocycles. The average molecular weight is 423 g/mol. The number of likely N-dealkylation sites (tertiary alicyclic amines) is 1. The van der Waals surface area contributed by atoms with E-state index in [-0.39, 0.29) is 18.2 Å². The van der Waals surface area contributed by atoms with Crippen LogP contribution >= 0.6 is 0 Å². The summed E-state index contributed by atoms with van der Waals surface area (Å²) in [6.07, 6.45) is 8.74. The third-order valence-corrected chi connectivity index (χ3v) is 6.16. The Morgan fingerprint density at radius 1 is 1.13 bits per heavy atom. The molecule has 4 rings (SSSR count). The second kappa shape index (κ2) is 9.51. The molecule has 1 atom stereocenters. The average Bonchev–Trinajstić information content (AvgIpc) is 3.07. The maximum absolute atomic E-state index is 13.3. The first-order valence-electron chi connectivity index (χ1n) is 11.2. The summed E-state index contributed by atoms with van der Waals surface area (Å²) >= 11 is 0. The zero-order valence-corrected chi connectivity index (χ0v) is 18.3. The van der Waals surface area contributed by atoms with Gasteiger partial charge in [-0.3, -0.25) is 19.5 Å². The Morgan fingerprint density at radius 2 is 1.90 bits per heavy atom. The van der Waals surface area contributed by atoms with Gasteiger partial charge in [0.2, 0.25) is 5.91 Å². The lowest BCUT2D eigenvalue weighted by Crippen LogP contribution is -2.41. The van der Waals surface area contributed by atoms with E-state index in [2.05, 4.69) is 19.9 Å². The van der Waals surface area contributed by atoms with Gasteiger partial charge in [-0.05, 0) is 51.4 Å². The van der Waals surface area contributed by atoms with Crippen LogP contribution in [0.1, 0.15) is 60.4 Å². The fourth-order valence-electron chi connectivity index (χ4n) is 4.39. The number of anilines is 1.